The molecule has 0 heterocycles. The number of amides is 1. The van der Waals surface area contributed by atoms with Gasteiger partial charge in [0.25, 0.3) is 11.6 Å². The molecule has 0 radical (unpaired) electrons. The molecule has 118 valence electrons. The second kappa shape index (κ2) is 7.14. The van der Waals surface area contributed by atoms with Crippen molar-refractivity contribution >= 4 is 17.8 Å². The fraction of sp³-hybridized carbons (Fsp3) is 0.0667. The molecule has 2 N–H and O–H groups in total. The zero-order valence-corrected chi connectivity index (χ0v) is 11.7. The fourth-order valence-corrected chi connectivity index (χ4v) is 1.76. The van der Waals surface area contributed by atoms with Gasteiger partial charge in [-0.1, -0.05) is 42.1 Å². The first-order valence-corrected chi connectivity index (χ1v) is 6.50. The van der Waals surface area contributed by atoms with E-state index in [2.05, 4.69) is 10.5 Å². The van der Waals surface area contributed by atoms with Crippen LogP contribution >= 0.6 is 0 Å². The third-order valence-electron chi connectivity index (χ3n) is 2.95. The van der Waals surface area contributed by atoms with Gasteiger partial charge in [-0.2, -0.15) is 5.10 Å². The first-order chi connectivity index (χ1) is 11.0. The van der Waals surface area contributed by atoms with E-state index in [4.69, 9.17) is 0 Å². The summed E-state index contributed by atoms with van der Waals surface area (Å²) in [4.78, 5) is 21.7. The minimum absolute atomic E-state index is 0.0475. The van der Waals surface area contributed by atoms with E-state index >= 15 is 0 Å². The van der Waals surface area contributed by atoms with E-state index in [1.54, 1.807) is 30.3 Å². The molecule has 0 saturated carbocycles. The van der Waals surface area contributed by atoms with E-state index in [-0.39, 0.29) is 11.3 Å². The van der Waals surface area contributed by atoms with Crippen LogP contribution in [-0.4, -0.2) is 22.2 Å². The Kier molecular flexibility index (Phi) is 5.00. The molecule has 8 heteroatoms. The molecule has 0 unspecified atom stereocenters. The van der Waals surface area contributed by atoms with Gasteiger partial charge in [-0.05, 0) is 11.1 Å². The molecule has 0 aliphatic heterocycles. The normalized spacial score (nSPS) is 12.0. The van der Waals surface area contributed by atoms with Crippen LogP contribution in [0.4, 0.5) is 5.69 Å². The van der Waals surface area contributed by atoms with Crippen molar-refractivity contribution < 1.29 is 19.9 Å². The molecule has 0 aromatic heterocycles. The minimum Gasteiger partial charge on any atom is -0.872 e. The molecule has 0 fully saturated rings. The lowest BCUT2D eigenvalue weighted by molar-refractivity contribution is -0.385. The van der Waals surface area contributed by atoms with Gasteiger partial charge in [0.1, 0.15) is 0 Å². The highest BCUT2D eigenvalue weighted by molar-refractivity contribution is 5.87. The van der Waals surface area contributed by atoms with Crippen LogP contribution in [0.15, 0.2) is 53.6 Å². The fourth-order valence-electron chi connectivity index (χ4n) is 1.76. The number of hydrazone groups is 1. The van der Waals surface area contributed by atoms with E-state index < -0.39 is 22.7 Å². The maximum atomic E-state index is 11.7. The number of hydrogen-bond acceptors (Lipinski definition) is 6. The third-order valence-corrected chi connectivity index (χ3v) is 2.95. The van der Waals surface area contributed by atoms with Crippen molar-refractivity contribution in [2.75, 3.05) is 0 Å². The summed E-state index contributed by atoms with van der Waals surface area (Å²) in [7, 11) is 0. The Bertz CT molecular complexity index is 746. The summed E-state index contributed by atoms with van der Waals surface area (Å²) < 4.78 is 0. The summed E-state index contributed by atoms with van der Waals surface area (Å²) in [5.74, 6) is -1.26. The zero-order valence-electron chi connectivity index (χ0n) is 11.7. The molecule has 2 rings (SSSR count). The molecule has 23 heavy (non-hydrogen) atoms. The molecule has 2 aromatic carbocycles. The number of non-ortho nitro benzene ring substituents is 1. The SMILES string of the molecule is O=C(N/N=C\c1cc([N+](=O)[O-])ccc1[O-])[C@H](O)c1ccccc1. The smallest absolute Gasteiger partial charge is 0.273 e. The van der Waals surface area contributed by atoms with Gasteiger partial charge in [-0.15, -0.1) is 0 Å². The van der Waals surface area contributed by atoms with Crippen LogP contribution in [0.2, 0.25) is 0 Å². The second-order valence-electron chi connectivity index (χ2n) is 4.53. The van der Waals surface area contributed by atoms with Crippen molar-refractivity contribution in [2.24, 2.45) is 5.10 Å². The number of carbonyl (C=O) groups excluding carboxylic acids is 1. The van der Waals surface area contributed by atoms with Crippen molar-refractivity contribution in [1.82, 2.24) is 5.43 Å². The monoisotopic (exact) mass is 314 g/mol. The predicted octanol–water partition coefficient (Wildman–Crippen LogP) is 0.852. The Morgan fingerprint density at radius 2 is 1.96 bits per heavy atom. The summed E-state index contributed by atoms with van der Waals surface area (Å²) in [6.07, 6.45) is -0.421. The van der Waals surface area contributed by atoms with Crippen molar-refractivity contribution in [3.05, 3.63) is 69.8 Å². The van der Waals surface area contributed by atoms with Gasteiger partial charge >= 0.3 is 0 Å². The molecule has 0 aliphatic carbocycles. The Morgan fingerprint density at radius 3 is 2.61 bits per heavy atom. The molecule has 0 spiro atoms. The highest BCUT2D eigenvalue weighted by Crippen LogP contribution is 2.19. The Hall–Kier alpha value is -3.26. The summed E-state index contributed by atoms with van der Waals surface area (Å²) >= 11 is 0. The number of nitro groups is 1. The van der Waals surface area contributed by atoms with Crippen LogP contribution in [0.5, 0.6) is 5.75 Å². The van der Waals surface area contributed by atoms with Crippen LogP contribution in [0.25, 0.3) is 0 Å². The minimum atomic E-state index is -1.41. The van der Waals surface area contributed by atoms with Crippen LogP contribution < -0.4 is 10.5 Å². The number of aliphatic hydroxyl groups excluding tert-OH is 1. The first-order valence-electron chi connectivity index (χ1n) is 6.50. The van der Waals surface area contributed by atoms with Crippen LogP contribution in [0, 0.1) is 10.1 Å². The average Bonchev–Trinajstić information content (AvgIpc) is 2.56. The molecule has 0 bridgehead atoms. The highest BCUT2D eigenvalue weighted by atomic mass is 16.6. The van der Waals surface area contributed by atoms with E-state index in [0.29, 0.717) is 5.56 Å². The van der Waals surface area contributed by atoms with Gasteiger partial charge in [-0.25, -0.2) is 5.43 Å². The number of nitrogens with zero attached hydrogens (tertiary/aromatic N) is 2. The van der Waals surface area contributed by atoms with E-state index in [1.807, 2.05) is 0 Å². The number of nitrogens with one attached hydrogen (secondary N) is 1. The molecule has 0 aliphatic rings. The van der Waals surface area contributed by atoms with Gasteiger partial charge in [0.2, 0.25) is 0 Å². The average molecular weight is 314 g/mol. The van der Waals surface area contributed by atoms with Gasteiger partial charge in [0.15, 0.2) is 6.10 Å². The van der Waals surface area contributed by atoms with Crippen molar-refractivity contribution in [2.45, 2.75) is 6.10 Å². The Balaban J connectivity index is 2.05. The lowest BCUT2D eigenvalue weighted by Crippen LogP contribution is -2.25. The van der Waals surface area contributed by atoms with E-state index in [1.165, 1.54) is 0 Å². The number of rotatable bonds is 5. The number of aliphatic hydroxyl groups is 1. The van der Waals surface area contributed by atoms with E-state index in [0.717, 1.165) is 24.4 Å². The molecule has 2 aromatic rings. The zero-order chi connectivity index (χ0) is 16.8. The lowest BCUT2D eigenvalue weighted by atomic mass is 10.1. The third kappa shape index (κ3) is 4.11. The van der Waals surface area contributed by atoms with E-state index in [9.17, 15) is 25.1 Å². The summed E-state index contributed by atoms with van der Waals surface area (Å²) in [6.45, 7) is 0. The number of benzene rings is 2. The van der Waals surface area contributed by atoms with Crippen LogP contribution in [-0.2, 0) is 4.79 Å². The molecule has 0 saturated heterocycles. The van der Waals surface area contributed by atoms with Gasteiger partial charge in [0, 0.05) is 12.1 Å². The largest absolute Gasteiger partial charge is 0.872 e. The second-order valence-corrected chi connectivity index (χ2v) is 4.53. The van der Waals surface area contributed by atoms with Gasteiger partial charge in [-0.3, -0.25) is 14.9 Å². The number of nitro benzene ring substituents is 1. The standard InChI is InChI=1S/C15H13N3O5/c19-13-7-6-12(18(22)23)8-11(13)9-16-17-15(21)14(20)10-4-2-1-3-5-10/h1-9,14,19-20H,(H,17,21)/p-1/b16-9-/t14-/m1/s1. The highest BCUT2D eigenvalue weighted by Gasteiger charge is 2.16. The quantitative estimate of drug-likeness (QED) is 0.480. The Morgan fingerprint density at radius 1 is 1.26 bits per heavy atom. The predicted molar refractivity (Wildman–Crippen MR) is 79.7 cm³/mol. The van der Waals surface area contributed by atoms with Crippen molar-refractivity contribution in [1.29, 1.82) is 0 Å². The summed E-state index contributed by atoms with van der Waals surface area (Å²) in [6, 6.07) is 11.4. The maximum absolute atomic E-state index is 11.7. The topological polar surface area (TPSA) is 128 Å². The van der Waals surface area contributed by atoms with Crippen LogP contribution in [0.1, 0.15) is 17.2 Å². The van der Waals surface area contributed by atoms with Crippen LogP contribution in [0.3, 0.4) is 0 Å². The lowest BCUT2D eigenvalue weighted by Gasteiger charge is -2.10. The van der Waals surface area contributed by atoms with Gasteiger partial charge in [0.05, 0.1) is 11.1 Å². The first kappa shape index (κ1) is 16.1. The molecular formula is C15H12N3O5-. The maximum Gasteiger partial charge on any atom is 0.273 e. The molecule has 1 amide bonds. The molecule has 1 atom stereocenters. The number of hydrogen-bond donors (Lipinski definition) is 2. The summed E-state index contributed by atoms with van der Waals surface area (Å²) in [5.41, 5.74) is 2.16. The van der Waals surface area contributed by atoms with Crippen molar-refractivity contribution in [3.63, 3.8) is 0 Å². The molecule has 8 nitrogen and oxygen atoms in total. The van der Waals surface area contributed by atoms with Gasteiger partial charge < -0.3 is 10.2 Å². The summed E-state index contributed by atoms with van der Waals surface area (Å²) in [5, 5.41) is 35.6. The van der Waals surface area contributed by atoms with Crippen molar-refractivity contribution in [3.8, 4) is 5.75 Å². The number of carbonyl (C=O) groups is 1. The molecular weight excluding hydrogens is 302 g/mol. The Labute approximate surface area is 130 Å².